The van der Waals surface area contributed by atoms with Crippen LogP contribution in [0.15, 0.2) is 66.7 Å². The van der Waals surface area contributed by atoms with Gasteiger partial charge in [-0.1, -0.05) is 60.8 Å². The Bertz CT molecular complexity index is 1740. The van der Waals surface area contributed by atoms with Gasteiger partial charge in [0.15, 0.2) is 4.30 Å². The number of alkyl halides is 3. The Balaban J connectivity index is 0.000000798. The molecule has 0 spiro atoms. The molecule has 0 unspecified atom stereocenters. The van der Waals surface area contributed by atoms with Gasteiger partial charge in [-0.05, 0) is 109 Å². The molecular weight excluding hydrogens is 645 g/mol. The second-order valence-electron chi connectivity index (χ2n) is 10.1. The number of allylic oxidation sites excluding steroid dienone is 4. The molecule has 6 rings (SSSR count). The van der Waals surface area contributed by atoms with Crippen LogP contribution < -0.4 is 4.74 Å². The second-order valence-corrected chi connectivity index (χ2v) is 12.1. The van der Waals surface area contributed by atoms with Crippen LogP contribution in [0.3, 0.4) is 0 Å². The Labute approximate surface area is 277 Å². The zero-order chi connectivity index (χ0) is 30.0. The molecule has 0 radical (unpaired) electrons. The first-order chi connectivity index (χ1) is 20.2. The first kappa shape index (κ1) is 32.9. The van der Waals surface area contributed by atoms with E-state index < -0.39 is 4.30 Å². The van der Waals surface area contributed by atoms with Crippen molar-refractivity contribution in [2.24, 2.45) is 0 Å². The molecule has 2 aliphatic heterocycles. The maximum absolute atomic E-state index is 5.41. The number of ether oxygens (including phenoxy) is 1. The molecular formula is C34H33Cl3N4NiO. The van der Waals surface area contributed by atoms with Crippen molar-refractivity contribution in [2.45, 2.75) is 44.8 Å². The predicted molar refractivity (Wildman–Crippen MR) is 180 cm³/mol. The van der Waals surface area contributed by atoms with Gasteiger partial charge in [-0.3, -0.25) is 0 Å². The first-order valence-corrected chi connectivity index (χ1v) is 15.2. The van der Waals surface area contributed by atoms with E-state index in [4.69, 9.17) is 49.5 Å². The van der Waals surface area contributed by atoms with Crippen molar-refractivity contribution < 1.29 is 21.2 Å². The van der Waals surface area contributed by atoms with Gasteiger partial charge in [0.1, 0.15) is 5.75 Å². The summed E-state index contributed by atoms with van der Waals surface area (Å²) in [5.41, 5.74) is 15.3. The monoisotopic (exact) mass is 676 g/mol. The van der Waals surface area contributed by atoms with Crippen molar-refractivity contribution in [2.75, 3.05) is 7.11 Å². The van der Waals surface area contributed by atoms with Crippen molar-refractivity contribution >= 4 is 79.2 Å². The van der Waals surface area contributed by atoms with Crippen LogP contribution in [-0.2, 0) is 16.5 Å². The topological polar surface area (TPSA) is 66.6 Å². The second kappa shape index (κ2) is 14.2. The van der Waals surface area contributed by atoms with E-state index in [1.165, 1.54) is 22.3 Å². The van der Waals surface area contributed by atoms with Crippen LogP contribution in [-0.4, -0.2) is 31.3 Å². The minimum Gasteiger partial charge on any atom is -0.497 e. The number of hydrogen-bond acceptors (Lipinski definition) is 3. The van der Waals surface area contributed by atoms with Gasteiger partial charge in [-0.2, -0.15) is 0 Å². The molecule has 0 atom stereocenters. The summed E-state index contributed by atoms with van der Waals surface area (Å²) < 4.78 is 4.66. The van der Waals surface area contributed by atoms with Gasteiger partial charge < -0.3 is 14.7 Å². The molecule has 2 N–H and O–H groups in total. The number of H-pyrrole nitrogens is 2. The zero-order valence-corrected chi connectivity index (χ0v) is 27.9. The maximum atomic E-state index is 5.41. The summed E-state index contributed by atoms with van der Waals surface area (Å²) in [6.07, 6.45) is 1.85. The number of hydrogen-bond donors (Lipinski definition) is 2. The summed E-state index contributed by atoms with van der Waals surface area (Å²) in [5, 5.41) is 0. The Morgan fingerprint density at radius 2 is 1.12 bits per heavy atom. The fourth-order valence-electron chi connectivity index (χ4n) is 5.59. The molecule has 5 nitrogen and oxygen atoms in total. The van der Waals surface area contributed by atoms with Crippen LogP contribution in [0.4, 0.5) is 0 Å². The minimum atomic E-state index is -0.750. The molecule has 2 aliphatic rings. The van der Waals surface area contributed by atoms with Crippen LogP contribution in [0.2, 0.25) is 0 Å². The number of halogens is 3. The molecule has 0 aliphatic carbocycles. The Hall–Kier alpha value is -3.02. The largest absolute Gasteiger partial charge is 0.497 e. The molecule has 226 valence electrons. The van der Waals surface area contributed by atoms with Gasteiger partial charge in [0.05, 0.1) is 29.9 Å². The minimum absolute atomic E-state index is 0. The van der Waals surface area contributed by atoms with Crippen LogP contribution >= 0.6 is 34.8 Å². The fourth-order valence-corrected chi connectivity index (χ4v) is 5.59. The summed E-state index contributed by atoms with van der Waals surface area (Å²) in [6, 6.07) is 23.2. The molecule has 8 bridgehead atoms. The van der Waals surface area contributed by atoms with Crippen LogP contribution in [0.1, 0.15) is 63.3 Å². The molecule has 0 amide bonds. The molecule has 9 heteroatoms. The molecule has 43 heavy (non-hydrogen) atoms. The standard InChI is InChI=1S/C33H32N4O.CHCl3.Ni/c1-6-25-19(3)29-16-22-10-14-27(34-22)33(21-8-12-24(38-5)13-9-21)28-15-11-23(35-28)17-30-20(4)26(7-2)32(37-30)18-31(25)36-29;2-1(3)4;/h8-18,34-35H,6-7H2,1-5H3;1H;. The van der Waals surface area contributed by atoms with E-state index >= 15 is 0 Å². The van der Waals surface area contributed by atoms with E-state index in [9.17, 15) is 0 Å². The average molecular weight is 679 g/mol. The number of aromatic nitrogens is 4. The van der Waals surface area contributed by atoms with Crippen LogP contribution in [0.25, 0.3) is 55.5 Å². The summed E-state index contributed by atoms with van der Waals surface area (Å²) in [6.45, 7) is 8.74. The fraction of sp³-hybridized carbons (Fsp3) is 0.235. The molecule has 0 saturated heterocycles. The third kappa shape index (κ3) is 7.05. The summed E-state index contributed by atoms with van der Waals surface area (Å²) in [7, 11) is 1.69. The van der Waals surface area contributed by atoms with Crippen molar-refractivity contribution in [3.8, 4) is 16.9 Å². The SMILES string of the molecule is CCC1=C(C)c2cc3ccc([nH]3)c(-c3ccc(OC)cc3)c3ccc(cc4nc(cc1n2)C(CC)=C4C)[nH]3.ClC(Cl)Cl.[Ni]. The van der Waals surface area contributed by atoms with Gasteiger partial charge in [-0.15, -0.1) is 0 Å². The summed E-state index contributed by atoms with van der Waals surface area (Å²) in [5.74, 6) is 0.834. The number of fused-ring (bicyclic) bond motifs is 8. The summed E-state index contributed by atoms with van der Waals surface area (Å²) >= 11 is 14.4. The number of methoxy groups -OCH3 is 1. The Morgan fingerprint density at radius 3 is 1.51 bits per heavy atom. The molecule has 0 fully saturated rings. The van der Waals surface area contributed by atoms with Gasteiger partial charge in [-0.25, -0.2) is 9.97 Å². The van der Waals surface area contributed by atoms with E-state index in [-0.39, 0.29) is 16.5 Å². The van der Waals surface area contributed by atoms with E-state index in [0.717, 1.165) is 74.6 Å². The third-order valence-corrected chi connectivity index (χ3v) is 7.67. The van der Waals surface area contributed by atoms with E-state index in [0.29, 0.717) is 0 Å². The van der Waals surface area contributed by atoms with Gasteiger partial charge >= 0.3 is 0 Å². The van der Waals surface area contributed by atoms with E-state index in [1.807, 2.05) is 12.1 Å². The van der Waals surface area contributed by atoms with Crippen molar-refractivity contribution in [1.82, 2.24) is 19.9 Å². The third-order valence-electron chi connectivity index (χ3n) is 7.67. The van der Waals surface area contributed by atoms with Gasteiger partial charge in [0.2, 0.25) is 0 Å². The smallest absolute Gasteiger partial charge is 0.180 e. The van der Waals surface area contributed by atoms with Crippen LogP contribution in [0, 0.1) is 0 Å². The quantitative estimate of drug-likeness (QED) is 0.167. The molecule has 4 aromatic rings. The average Bonchev–Trinajstić information content (AvgIpc) is 3.73. The first-order valence-electron chi connectivity index (χ1n) is 13.9. The van der Waals surface area contributed by atoms with Gasteiger partial charge in [0, 0.05) is 44.1 Å². The normalized spacial score (nSPS) is 12.7. The van der Waals surface area contributed by atoms with E-state index in [2.05, 4.69) is 92.3 Å². The molecule has 1 aromatic carbocycles. The van der Waals surface area contributed by atoms with Crippen LogP contribution in [0.5, 0.6) is 5.75 Å². The summed E-state index contributed by atoms with van der Waals surface area (Å²) in [4.78, 5) is 17.5. The van der Waals surface area contributed by atoms with E-state index in [1.54, 1.807) is 7.11 Å². The Kier molecular flexibility index (Phi) is 10.8. The molecule has 0 saturated carbocycles. The van der Waals surface area contributed by atoms with Crippen molar-refractivity contribution in [3.63, 3.8) is 0 Å². The number of rotatable bonds is 4. The predicted octanol–water partition coefficient (Wildman–Crippen LogP) is 10.7. The van der Waals surface area contributed by atoms with Crippen molar-refractivity contribution in [3.05, 3.63) is 89.5 Å². The number of benzene rings is 1. The molecule has 3 aromatic heterocycles. The van der Waals surface area contributed by atoms with Crippen molar-refractivity contribution in [1.29, 1.82) is 0 Å². The maximum Gasteiger partial charge on any atom is 0.180 e. The molecule has 5 heterocycles. The number of nitrogens with zero attached hydrogens (tertiary/aromatic N) is 2. The zero-order valence-electron chi connectivity index (χ0n) is 24.6. The number of nitrogens with one attached hydrogen (secondary N) is 2. The van der Waals surface area contributed by atoms with Gasteiger partial charge in [0.25, 0.3) is 0 Å². The Morgan fingerprint density at radius 1 is 0.674 bits per heavy atom. The number of aromatic amines is 2.